The van der Waals surface area contributed by atoms with Gasteiger partial charge in [-0.1, -0.05) is 13.8 Å². The molecule has 0 saturated heterocycles. The fourth-order valence-electron chi connectivity index (χ4n) is 1.34. The maximum atomic E-state index is 4.33. The Kier molecular flexibility index (Phi) is 3.91. The Morgan fingerprint density at radius 1 is 1.40 bits per heavy atom. The first-order valence-corrected chi connectivity index (χ1v) is 5.63. The minimum atomic E-state index is 0.167. The molecule has 0 unspecified atom stereocenters. The highest BCUT2D eigenvalue weighted by Crippen LogP contribution is 2.05. The molecule has 1 aromatic heterocycles. The number of hydrogen-bond donors (Lipinski definition) is 1. The second-order valence-electron chi connectivity index (χ2n) is 5.57. The van der Waals surface area contributed by atoms with E-state index in [-0.39, 0.29) is 5.54 Å². The van der Waals surface area contributed by atoms with Crippen LogP contribution in [0.4, 0.5) is 0 Å². The van der Waals surface area contributed by atoms with Crippen LogP contribution >= 0.6 is 0 Å². The van der Waals surface area contributed by atoms with Gasteiger partial charge in [0.1, 0.15) is 0 Å². The highest BCUT2D eigenvalue weighted by Gasteiger charge is 2.09. The molecular formula is C12H23N3. The van der Waals surface area contributed by atoms with E-state index in [2.05, 4.69) is 51.2 Å². The number of rotatable bonds is 4. The van der Waals surface area contributed by atoms with Crippen molar-refractivity contribution in [2.24, 2.45) is 5.92 Å². The molecule has 0 aromatic carbocycles. The van der Waals surface area contributed by atoms with Crippen molar-refractivity contribution in [2.45, 2.75) is 53.2 Å². The molecule has 1 heterocycles. The standard InChI is InChI=1S/C12H23N3/c1-10(2)8-15-9-11(7-14-15)6-13-12(3,4)5/h7,9-10,13H,6,8H2,1-5H3. The van der Waals surface area contributed by atoms with E-state index in [4.69, 9.17) is 0 Å². The molecule has 0 radical (unpaired) electrons. The molecule has 0 aliphatic heterocycles. The fraction of sp³-hybridized carbons (Fsp3) is 0.750. The van der Waals surface area contributed by atoms with Gasteiger partial charge in [0.05, 0.1) is 6.20 Å². The number of nitrogens with zero attached hydrogens (tertiary/aromatic N) is 2. The maximum Gasteiger partial charge on any atom is 0.0534 e. The Bertz CT molecular complexity index is 294. The van der Waals surface area contributed by atoms with Crippen molar-refractivity contribution in [3.8, 4) is 0 Å². The average Bonchev–Trinajstić information content (AvgIpc) is 2.46. The monoisotopic (exact) mass is 209 g/mol. The molecule has 15 heavy (non-hydrogen) atoms. The van der Waals surface area contributed by atoms with Gasteiger partial charge < -0.3 is 5.32 Å². The first-order chi connectivity index (χ1) is 6.87. The van der Waals surface area contributed by atoms with Crippen molar-refractivity contribution in [3.05, 3.63) is 18.0 Å². The Hall–Kier alpha value is -0.830. The smallest absolute Gasteiger partial charge is 0.0534 e. The van der Waals surface area contributed by atoms with Gasteiger partial charge >= 0.3 is 0 Å². The normalized spacial score (nSPS) is 12.4. The predicted octanol–water partition coefficient (Wildman–Crippen LogP) is 2.43. The topological polar surface area (TPSA) is 29.9 Å². The third-order valence-electron chi connectivity index (χ3n) is 2.06. The molecule has 3 nitrogen and oxygen atoms in total. The van der Waals surface area contributed by atoms with E-state index in [0.717, 1.165) is 13.1 Å². The Morgan fingerprint density at radius 3 is 2.60 bits per heavy atom. The SMILES string of the molecule is CC(C)Cn1cc(CNC(C)(C)C)cn1. The van der Waals surface area contributed by atoms with Crippen LogP contribution in [-0.4, -0.2) is 15.3 Å². The summed E-state index contributed by atoms with van der Waals surface area (Å²) in [7, 11) is 0. The molecule has 1 rings (SSSR count). The van der Waals surface area contributed by atoms with Crippen molar-refractivity contribution in [2.75, 3.05) is 0 Å². The summed E-state index contributed by atoms with van der Waals surface area (Å²) in [6.45, 7) is 12.8. The van der Waals surface area contributed by atoms with Crippen LogP contribution in [-0.2, 0) is 13.1 Å². The van der Waals surface area contributed by atoms with Crippen LogP contribution in [0.15, 0.2) is 12.4 Å². The summed E-state index contributed by atoms with van der Waals surface area (Å²) in [4.78, 5) is 0. The average molecular weight is 209 g/mol. The van der Waals surface area contributed by atoms with E-state index >= 15 is 0 Å². The van der Waals surface area contributed by atoms with E-state index < -0.39 is 0 Å². The fourth-order valence-corrected chi connectivity index (χ4v) is 1.34. The molecule has 0 spiro atoms. The number of nitrogens with one attached hydrogen (secondary N) is 1. The molecular weight excluding hydrogens is 186 g/mol. The Balaban J connectivity index is 2.46. The lowest BCUT2D eigenvalue weighted by Gasteiger charge is -2.19. The molecule has 0 aliphatic carbocycles. The third-order valence-corrected chi connectivity index (χ3v) is 2.06. The second-order valence-corrected chi connectivity index (χ2v) is 5.57. The van der Waals surface area contributed by atoms with Crippen molar-refractivity contribution < 1.29 is 0 Å². The van der Waals surface area contributed by atoms with Gasteiger partial charge in [0.25, 0.3) is 0 Å². The molecule has 0 fully saturated rings. The lowest BCUT2D eigenvalue weighted by Crippen LogP contribution is -2.34. The summed E-state index contributed by atoms with van der Waals surface area (Å²) in [6, 6.07) is 0. The summed E-state index contributed by atoms with van der Waals surface area (Å²) < 4.78 is 2.02. The molecule has 3 heteroatoms. The highest BCUT2D eigenvalue weighted by molar-refractivity contribution is 5.03. The van der Waals surface area contributed by atoms with E-state index in [1.165, 1.54) is 5.56 Å². The zero-order valence-electron chi connectivity index (χ0n) is 10.5. The third kappa shape index (κ3) is 4.98. The Labute approximate surface area is 92.9 Å². The zero-order chi connectivity index (χ0) is 11.5. The zero-order valence-corrected chi connectivity index (χ0v) is 10.5. The molecule has 0 bridgehead atoms. The lowest BCUT2D eigenvalue weighted by molar-refractivity contribution is 0.423. The second kappa shape index (κ2) is 4.79. The summed E-state index contributed by atoms with van der Waals surface area (Å²) >= 11 is 0. The summed E-state index contributed by atoms with van der Waals surface area (Å²) in [5.74, 6) is 0.647. The maximum absolute atomic E-state index is 4.33. The summed E-state index contributed by atoms with van der Waals surface area (Å²) in [5, 5.41) is 7.79. The summed E-state index contributed by atoms with van der Waals surface area (Å²) in [5.41, 5.74) is 1.42. The van der Waals surface area contributed by atoms with E-state index in [1.807, 2.05) is 10.9 Å². The van der Waals surface area contributed by atoms with Crippen LogP contribution in [0.5, 0.6) is 0 Å². The molecule has 1 aromatic rings. The van der Waals surface area contributed by atoms with Crippen LogP contribution in [0.25, 0.3) is 0 Å². The van der Waals surface area contributed by atoms with Gasteiger partial charge in [-0.15, -0.1) is 0 Å². The quantitative estimate of drug-likeness (QED) is 0.825. The van der Waals surface area contributed by atoms with Gasteiger partial charge in [-0.2, -0.15) is 5.10 Å². The minimum Gasteiger partial charge on any atom is -0.308 e. The molecule has 0 amide bonds. The van der Waals surface area contributed by atoms with Crippen LogP contribution in [0.2, 0.25) is 0 Å². The largest absolute Gasteiger partial charge is 0.308 e. The van der Waals surface area contributed by atoms with E-state index in [1.54, 1.807) is 0 Å². The number of hydrogen-bond acceptors (Lipinski definition) is 2. The highest BCUT2D eigenvalue weighted by atomic mass is 15.3. The molecule has 0 saturated carbocycles. The summed E-state index contributed by atoms with van der Waals surface area (Å²) in [6.07, 6.45) is 4.07. The van der Waals surface area contributed by atoms with Gasteiger partial charge in [-0.25, -0.2) is 0 Å². The van der Waals surface area contributed by atoms with Crippen LogP contribution in [0, 0.1) is 5.92 Å². The van der Waals surface area contributed by atoms with Gasteiger partial charge in [0.2, 0.25) is 0 Å². The van der Waals surface area contributed by atoms with Gasteiger partial charge in [-0.05, 0) is 26.7 Å². The van der Waals surface area contributed by atoms with Gasteiger partial charge in [0, 0.05) is 30.4 Å². The molecule has 0 atom stereocenters. The van der Waals surface area contributed by atoms with Crippen molar-refractivity contribution in [1.29, 1.82) is 0 Å². The van der Waals surface area contributed by atoms with Crippen molar-refractivity contribution in [3.63, 3.8) is 0 Å². The number of aromatic nitrogens is 2. The molecule has 86 valence electrons. The van der Waals surface area contributed by atoms with Gasteiger partial charge in [-0.3, -0.25) is 4.68 Å². The first kappa shape index (κ1) is 12.2. The predicted molar refractivity (Wildman–Crippen MR) is 63.7 cm³/mol. The minimum absolute atomic E-state index is 0.167. The van der Waals surface area contributed by atoms with Gasteiger partial charge in [0.15, 0.2) is 0 Å². The molecule has 0 aliphatic rings. The van der Waals surface area contributed by atoms with Crippen LogP contribution < -0.4 is 5.32 Å². The first-order valence-electron chi connectivity index (χ1n) is 5.63. The van der Waals surface area contributed by atoms with Crippen molar-refractivity contribution in [1.82, 2.24) is 15.1 Å². The molecule has 1 N–H and O–H groups in total. The van der Waals surface area contributed by atoms with E-state index in [9.17, 15) is 0 Å². The Morgan fingerprint density at radius 2 is 2.07 bits per heavy atom. The van der Waals surface area contributed by atoms with Crippen LogP contribution in [0.1, 0.15) is 40.2 Å². The van der Waals surface area contributed by atoms with E-state index in [0.29, 0.717) is 5.92 Å². The van der Waals surface area contributed by atoms with Crippen LogP contribution in [0.3, 0.4) is 0 Å². The van der Waals surface area contributed by atoms with Crippen molar-refractivity contribution >= 4 is 0 Å². The lowest BCUT2D eigenvalue weighted by atomic mass is 10.1.